The zero-order valence-electron chi connectivity index (χ0n) is 14.7. The monoisotopic (exact) mass is 445 g/mol. The number of hydrogen-bond acceptors (Lipinski definition) is 7. The summed E-state index contributed by atoms with van der Waals surface area (Å²) in [7, 11) is 0. The summed E-state index contributed by atoms with van der Waals surface area (Å²) in [5.41, 5.74) is -0.980. The average molecular weight is 446 g/mol. The van der Waals surface area contributed by atoms with Crippen LogP contribution in [0.15, 0.2) is 42.5 Å². The SMILES string of the molecule is O=C1OC2(c3cc(Cl)c(O)cc3Oc3cc(O)c(Cl)cc32)c2ccc([N+](=O)[O-])cc21. The Morgan fingerprint density at radius 2 is 1.47 bits per heavy atom. The Morgan fingerprint density at radius 1 is 0.900 bits per heavy atom. The Morgan fingerprint density at radius 3 is 2.00 bits per heavy atom. The van der Waals surface area contributed by atoms with E-state index in [4.69, 9.17) is 32.7 Å². The molecule has 0 radical (unpaired) electrons. The molecule has 2 aliphatic rings. The van der Waals surface area contributed by atoms with Crippen molar-refractivity contribution in [1.82, 2.24) is 0 Å². The van der Waals surface area contributed by atoms with Gasteiger partial charge in [0, 0.05) is 41.0 Å². The van der Waals surface area contributed by atoms with E-state index in [1.165, 1.54) is 36.4 Å². The fraction of sp³-hybridized carbons (Fsp3) is 0.0500. The fourth-order valence-electron chi connectivity index (χ4n) is 3.84. The molecule has 0 atom stereocenters. The standard InChI is InChI=1S/C20H9Cl2NO7/c21-13-4-11-17(6-15(13)24)29-18-7-16(25)14(22)5-12(18)20(11)10-2-1-8(23(27)28)3-9(10)19(26)30-20/h1-7,24-25H. The van der Waals surface area contributed by atoms with Crippen LogP contribution in [0.2, 0.25) is 10.0 Å². The van der Waals surface area contributed by atoms with Crippen LogP contribution < -0.4 is 4.74 Å². The van der Waals surface area contributed by atoms with Gasteiger partial charge in [-0.1, -0.05) is 23.2 Å². The Bertz CT molecular complexity index is 1250. The number of esters is 1. The molecule has 1 spiro atoms. The van der Waals surface area contributed by atoms with Crippen molar-refractivity contribution in [1.29, 1.82) is 0 Å². The van der Waals surface area contributed by atoms with Crippen LogP contribution in [0.25, 0.3) is 0 Å². The number of ether oxygens (including phenoxy) is 2. The third kappa shape index (κ3) is 2.31. The van der Waals surface area contributed by atoms with E-state index >= 15 is 0 Å². The normalized spacial score (nSPS) is 15.1. The number of benzene rings is 3. The maximum Gasteiger partial charge on any atom is 0.340 e. The number of carbonyl (C=O) groups is 1. The largest absolute Gasteiger partial charge is 0.506 e. The van der Waals surface area contributed by atoms with Gasteiger partial charge in [-0.25, -0.2) is 4.79 Å². The van der Waals surface area contributed by atoms with Crippen molar-refractivity contribution in [2.24, 2.45) is 0 Å². The molecule has 0 amide bonds. The molecular weight excluding hydrogens is 437 g/mol. The van der Waals surface area contributed by atoms with Gasteiger partial charge in [-0.3, -0.25) is 10.1 Å². The zero-order valence-corrected chi connectivity index (χ0v) is 16.2. The van der Waals surface area contributed by atoms with Crippen molar-refractivity contribution in [3.63, 3.8) is 0 Å². The van der Waals surface area contributed by atoms with E-state index in [1.54, 1.807) is 0 Å². The number of halogens is 2. The second-order valence-electron chi connectivity index (χ2n) is 6.76. The minimum Gasteiger partial charge on any atom is -0.506 e. The highest BCUT2D eigenvalue weighted by Gasteiger charge is 2.54. The first-order valence-corrected chi connectivity index (χ1v) is 9.24. The molecule has 3 aromatic carbocycles. The lowest BCUT2D eigenvalue weighted by atomic mass is 9.77. The molecule has 30 heavy (non-hydrogen) atoms. The summed E-state index contributed by atoms with van der Waals surface area (Å²) in [6.45, 7) is 0. The molecule has 2 heterocycles. The van der Waals surface area contributed by atoms with Crippen molar-refractivity contribution in [3.05, 3.63) is 84.9 Å². The minimum atomic E-state index is -1.60. The van der Waals surface area contributed by atoms with Crippen LogP contribution in [-0.2, 0) is 10.3 Å². The molecule has 0 saturated heterocycles. The second-order valence-corrected chi connectivity index (χ2v) is 7.57. The summed E-state index contributed by atoms with van der Waals surface area (Å²) in [5, 5.41) is 31.2. The smallest absolute Gasteiger partial charge is 0.340 e. The Kier molecular flexibility index (Phi) is 3.71. The molecule has 0 aromatic heterocycles. The maximum absolute atomic E-state index is 12.8. The molecule has 0 fully saturated rings. The number of fused-ring (bicyclic) bond motifs is 6. The summed E-state index contributed by atoms with van der Waals surface area (Å²) in [5.74, 6) is -1.06. The first-order valence-electron chi connectivity index (χ1n) is 8.48. The number of nitro groups is 1. The lowest BCUT2D eigenvalue weighted by Crippen LogP contribution is -2.33. The lowest BCUT2D eigenvalue weighted by molar-refractivity contribution is -0.384. The van der Waals surface area contributed by atoms with E-state index in [-0.39, 0.29) is 44.3 Å². The maximum atomic E-state index is 12.8. The number of phenols is 2. The molecule has 0 bridgehead atoms. The average Bonchev–Trinajstić information content (AvgIpc) is 2.98. The Labute approximate surface area is 178 Å². The Hall–Kier alpha value is -3.49. The van der Waals surface area contributed by atoms with Crippen molar-refractivity contribution in [2.45, 2.75) is 5.60 Å². The summed E-state index contributed by atoms with van der Waals surface area (Å²) in [4.78, 5) is 23.3. The minimum absolute atomic E-state index is 0.00334. The van der Waals surface area contributed by atoms with E-state index in [1.807, 2.05) is 0 Å². The molecule has 10 heteroatoms. The molecule has 0 unspecified atom stereocenters. The molecule has 3 aromatic rings. The van der Waals surface area contributed by atoms with Crippen LogP contribution in [0.3, 0.4) is 0 Å². The first-order chi connectivity index (χ1) is 14.2. The van der Waals surface area contributed by atoms with Gasteiger partial charge in [0.25, 0.3) is 5.69 Å². The van der Waals surface area contributed by atoms with Gasteiger partial charge in [0.1, 0.15) is 23.0 Å². The first kappa shape index (κ1) is 18.5. The summed E-state index contributed by atoms with van der Waals surface area (Å²) in [6.07, 6.45) is 0. The molecule has 0 aliphatic carbocycles. The number of hydrogen-bond donors (Lipinski definition) is 2. The van der Waals surface area contributed by atoms with Crippen molar-refractivity contribution in [2.75, 3.05) is 0 Å². The van der Waals surface area contributed by atoms with Gasteiger partial charge < -0.3 is 19.7 Å². The molecule has 2 aliphatic heterocycles. The highest BCUT2D eigenvalue weighted by atomic mass is 35.5. The van der Waals surface area contributed by atoms with Crippen molar-refractivity contribution >= 4 is 34.9 Å². The summed E-state index contributed by atoms with van der Waals surface area (Å²) >= 11 is 12.2. The molecule has 2 N–H and O–H groups in total. The summed E-state index contributed by atoms with van der Waals surface area (Å²) < 4.78 is 11.6. The summed E-state index contributed by atoms with van der Waals surface area (Å²) in [6, 6.07) is 9.08. The number of aromatic hydroxyl groups is 2. The molecule has 5 rings (SSSR count). The lowest BCUT2D eigenvalue weighted by Gasteiger charge is -2.36. The van der Waals surface area contributed by atoms with E-state index in [0.29, 0.717) is 16.7 Å². The van der Waals surface area contributed by atoms with Gasteiger partial charge in [0.15, 0.2) is 5.60 Å². The highest BCUT2D eigenvalue weighted by Crippen LogP contribution is 2.58. The van der Waals surface area contributed by atoms with Crippen LogP contribution in [0, 0.1) is 10.1 Å². The third-order valence-corrected chi connectivity index (χ3v) is 5.74. The fourth-order valence-corrected chi connectivity index (χ4v) is 4.17. The zero-order chi connectivity index (χ0) is 21.4. The van der Waals surface area contributed by atoms with Gasteiger partial charge in [0.2, 0.25) is 0 Å². The van der Waals surface area contributed by atoms with Crippen LogP contribution in [0.4, 0.5) is 5.69 Å². The molecule has 0 saturated carbocycles. The second kappa shape index (κ2) is 6.01. The van der Waals surface area contributed by atoms with Crippen LogP contribution in [0.5, 0.6) is 23.0 Å². The predicted molar refractivity (Wildman–Crippen MR) is 105 cm³/mol. The number of carbonyl (C=O) groups excluding carboxylic acids is 1. The molecule has 150 valence electrons. The van der Waals surface area contributed by atoms with Crippen molar-refractivity contribution in [3.8, 4) is 23.0 Å². The van der Waals surface area contributed by atoms with Crippen molar-refractivity contribution < 1.29 is 29.4 Å². The van der Waals surface area contributed by atoms with E-state index < -0.39 is 16.5 Å². The van der Waals surface area contributed by atoms with Gasteiger partial charge in [-0.05, 0) is 18.2 Å². The van der Waals surface area contributed by atoms with E-state index in [0.717, 1.165) is 6.07 Å². The highest BCUT2D eigenvalue weighted by molar-refractivity contribution is 6.32. The quantitative estimate of drug-likeness (QED) is 0.311. The number of phenolic OH excluding ortho intramolecular Hbond substituents is 2. The van der Waals surface area contributed by atoms with Gasteiger partial charge >= 0.3 is 5.97 Å². The number of non-ortho nitro benzene ring substituents is 1. The van der Waals surface area contributed by atoms with Gasteiger partial charge in [0.05, 0.1) is 20.5 Å². The van der Waals surface area contributed by atoms with E-state index in [2.05, 4.69) is 0 Å². The third-order valence-electron chi connectivity index (χ3n) is 5.14. The Balaban J connectivity index is 1.90. The number of nitro benzene ring substituents is 1. The van der Waals surface area contributed by atoms with Gasteiger partial charge in [-0.15, -0.1) is 0 Å². The molecular formula is C20H9Cl2NO7. The number of nitrogens with zero attached hydrogens (tertiary/aromatic N) is 1. The number of rotatable bonds is 1. The van der Waals surface area contributed by atoms with Crippen LogP contribution in [-0.4, -0.2) is 21.1 Å². The topological polar surface area (TPSA) is 119 Å². The van der Waals surface area contributed by atoms with Crippen LogP contribution in [0.1, 0.15) is 27.0 Å². The van der Waals surface area contributed by atoms with Crippen LogP contribution >= 0.6 is 23.2 Å². The molecule has 8 nitrogen and oxygen atoms in total. The predicted octanol–water partition coefficient (Wildman–Crippen LogP) is 4.88. The van der Waals surface area contributed by atoms with Gasteiger partial charge in [-0.2, -0.15) is 0 Å². The van der Waals surface area contributed by atoms with E-state index in [9.17, 15) is 25.1 Å².